The molecule has 2 N–H and O–H groups in total. The van der Waals surface area contributed by atoms with Crippen LogP contribution in [0.2, 0.25) is 0 Å². The standard InChI is InChI=1S/C12H13F2N3O3/c13-12(14)20-7-3-4-8(16-6-7)11(19)17-5-1-2-9(17)10(15)18/h3-4,6,9,12H,1-2,5H2,(H2,15,18)/t9-/m0/s1. The molecule has 1 atom stereocenters. The van der Waals surface area contributed by atoms with Crippen molar-refractivity contribution in [3.8, 4) is 5.75 Å². The second-order valence-corrected chi connectivity index (χ2v) is 4.32. The fourth-order valence-corrected chi connectivity index (χ4v) is 2.13. The molecule has 20 heavy (non-hydrogen) atoms. The number of aromatic nitrogens is 1. The third-order valence-electron chi connectivity index (χ3n) is 3.02. The van der Waals surface area contributed by atoms with Crippen molar-refractivity contribution in [3.63, 3.8) is 0 Å². The quantitative estimate of drug-likeness (QED) is 0.885. The molecular formula is C12H13F2N3O3. The molecule has 0 aliphatic carbocycles. The first-order valence-corrected chi connectivity index (χ1v) is 6.00. The van der Waals surface area contributed by atoms with E-state index in [1.807, 2.05) is 0 Å². The Labute approximate surface area is 113 Å². The molecule has 0 spiro atoms. The van der Waals surface area contributed by atoms with Gasteiger partial charge in [-0.25, -0.2) is 4.98 Å². The molecule has 0 aromatic carbocycles. The monoisotopic (exact) mass is 285 g/mol. The van der Waals surface area contributed by atoms with Crippen LogP contribution in [-0.4, -0.2) is 40.9 Å². The molecule has 0 radical (unpaired) electrons. The summed E-state index contributed by atoms with van der Waals surface area (Å²) in [4.78, 5) is 28.5. The van der Waals surface area contributed by atoms with Crippen molar-refractivity contribution in [1.82, 2.24) is 9.88 Å². The van der Waals surface area contributed by atoms with Crippen LogP contribution in [0.1, 0.15) is 23.3 Å². The largest absolute Gasteiger partial charge is 0.433 e. The van der Waals surface area contributed by atoms with Gasteiger partial charge in [0.05, 0.1) is 6.20 Å². The Morgan fingerprint density at radius 2 is 2.20 bits per heavy atom. The molecule has 0 unspecified atom stereocenters. The number of primary amides is 1. The van der Waals surface area contributed by atoms with Gasteiger partial charge in [0.2, 0.25) is 5.91 Å². The third-order valence-corrected chi connectivity index (χ3v) is 3.02. The van der Waals surface area contributed by atoms with Gasteiger partial charge in [-0.1, -0.05) is 0 Å². The Morgan fingerprint density at radius 1 is 1.45 bits per heavy atom. The molecule has 0 saturated carbocycles. The summed E-state index contributed by atoms with van der Waals surface area (Å²) in [7, 11) is 0. The number of carbonyl (C=O) groups is 2. The van der Waals surface area contributed by atoms with Gasteiger partial charge in [-0.2, -0.15) is 8.78 Å². The highest BCUT2D eigenvalue weighted by molar-refractivity contribution is 5.96. The second kappa shape index (κ2) is 5.81. The topological polar surface area (TPSA) is 85.5 Å². The molecular weight excluding hydrogens is 272 g/mol. The number of hydrogen-bond donors (Lipinski definition) is 1. The fourth-order valence-electron chi connectivity index (χ4n) is 2.13. The Morgan fingerprint density at radius 3 is 2.75 bits per heavy atom. The Balaban J connectivity index is 2.11. The fraction of sp³-hybridized carbons (Fsp3) is 0.417. The van der Waals surface area contributed by atoms with Crippen LogP contribution in [0, 0.1) is 0 Å². The summed E-state index contributed by atoms with van der Waals surface area (Å²) in [5, 5.41) is 0. The van der Waals surface area contributed by atoms with E-state index in [0.29, 0.717) is 19.4 Å². The van der Waals surface area contributed by atoms with E-state index in [1.54, 1.807) is 0 Å². The van der Waals surface area contributed by atoms with Crippen LogP contribution >= 0.6 is 0 Å². The molecule has 8 heteroatoms. The van der Waals surface area contributed by atoms with Crippen LogP contribution in [0.3, 0.4) is 0 Å². The van der Waals surface area contributed by atoms with Gasteiger partial charge in [0.25, 0.3) is 5.91 Å². The number of hydrogen-bond acceptors (Lipinski definition) is 4. The predicted octanol–water partition coefficient (Wildman–Crippen LogP) is 0.773. The van der Waals surface area contributed by atoms with Crippen molar-refractivity contribution in [1.29, 1.82) is 0 Å². The summed E-state index contributed by atoms with van der Waals surface area (Å²) in [5.41, 5.74) is 5.28. The lowest BCUT2D eigenvalue weighted by Gasteiger charge is -2.21. The smallest absolute Gasteiger partial charge is 0.387 e. The predicted molar refractivity (Wildman–Crippen MR) is 64.1 cm³/mol. The third kappa shape index (κ3) is 3.01. The zero-order valence-electron chi connectivity index (χ0n) is 10.5. The number of nitrogens with zero attached hydrogens (tertiary/aromatic N) is 2. The van der Waals surface area contributed by atoms with E-state index in [4.69, 9.17) is 5.73 Å². The van der Waals surface area contributed by atoms with Crippen molar-refractivity contribution >= 4 is 11.8 Å². The van der Waals surface area contributed by atoms with Crippen LogP contribution in [0.5, 0.6) is 5.75 Å². The van der Waals surface area contributed by atoms with Gasteiger partial charge in [0.1, 0.15) is 17.5 Å². The van der Waals surface area contributed by atoms with Gasteiger partial charge < -0.3 is 15.4 Å². The maximum absolute atomic E-state index is 12.2. The highest BCUT2D eigenvalue weighted by atomic mass is 19.3. The number of likely N-dealkylation sites (tertiary alicyclic amines) is 1. The van der Waals surface area contributed by atoms with E-state index in [2.05, 4.69) is 9.72 Å². The lowest BCUT2D eigenvalue weighted by Crippen LogP contribution is -2.43. The first-order valence-electron chi connectivity index (χ1n) is 6.00. The lowest BCUT2D eigenvalue weighted by atomic mass is 10.2. The van der Waals surface area contributed by atoms with Gasteiger partial charge in [-0.15, -0.1) is 0 Å². The van der Waals surface area contributed by atoms with Crippen molar-refractivity contribution < 1.29 is 23.1 Å². The zero-order chi connectivity index (χ0) is 14.7. The number of ether oxygens (including phenoxy) is 1. The molecule has 2 amide bonds. The molecule has 1 aliphatic heterocycles. The van der Waals surface area contributed by atoms with Gasteiger partial charge in [-0.3, -0.25) is 9.59 Å². The van der Waals surface area contributed by atoms with E-state index >= 15 is 0 Å². The number of carbonyl (C=O) groups excluding carboxylic acids is 2. The van der Waals surface area contributed by atoms with E-state index in [9.17, 15) is 18.4 Å². The Kier molecular flexibility index (Phi) is 4.11. The average molecular weight is 285 g/mol. The molecule has 2 heterocycles. The summed E-state index contributed by atoms with van der Waals surface area (Å²) in [6.45, 7) is -2.53. The Hall–Kier alpha value is -2.25. The maximum Gasteiger partial charge on any atom is 0.387 e. The van der Waals surface area contributed by atoms with E-state index in [0.717, 1.165) is 6.20 Å². The maximum atomic E-state index is 12.2. The molecule has 2 rings (SSSR count). The van der Waals surface area contributed by atoms with Crippen molar-refractivity contribution in [3.05, 3.63) is 24.0 Å². The molecule has 1 aliphatic rings. The summed E-state index contributed by atoms with van der Waals surface area (Å²) >= 11 is 0. The van der Waals surface area contributed by atoms with Gasteiger partial charge in [0.15, 0.2) is 0 Å². The summed E-state index contributed by atoms with van der Waals surface area (Å²) in [6.07, 6.45) is 2.24. The molecule has 1 aromatic rings. The molecule has 0 bridgehead atoms. The zero-order valence-corrected chi connectivity index (χ0v) is 10.5. The second-order valence-electron chi connectivity index (χ2n) is 4.32. The molecule has 6 nitrogen and oxygen atoms in total. The van der Waals surface area contributed by atoms with Crippen molar-refractivity contribution in [2.45, 2.75) is 25.5 Å². The minimum Gasteiger partial charge on any atom is -0.433 e. The summed E-state index contributed by atoms with van der Waals surface area (Å²) < 4.78 is 28.1. The minimum atomic E-state index is -2.95. The highest BCUT2D eigenvalue weighted by Gasteiger charge is 2.33. The lowest BCUT2D eigenvalue weighted by molar-refractivity contribution is -0.121. The number of alkyl halides is 2. The van der Waals surface area contributed by atoms with Crippen LogP contribution in [0.4, 0.5) is 8.78 Å². The number of halogens is 2. The highest BCUT2D eigenvalue weighted by Crippen LogP contribution is 2.20. The van der Waals surface area contributed by atoms with Gasteiger partial charge in [-0.05, 0) is 25.0 Å². The van der Waals surface area contributed by atoms with Crippen molar-refractivity contribution in [2.24, 2.45) is 5.73 Å². The van der Waals surface area contributed by atoms with Crippen LogP contribution in [-0.2, 0) is 4.79 Å². The van der Waals surface area contributed by atoms with Crippen molar-refractivity contribution in [2.75, 3.05) is 6.54 Å². The number of nitrogens with two attached hydrogens (primary N) is 1. The normalized spacial score (nSPS) is 18.4. The number of pyridine rings is 1. The van der Waals surface area contributed by atoms with Gasteiger partial charge in [0, 0.05) is 6.54 Å². The van der Waals surface area contributed by atoms with E-state index < -0.39 is 24.5 Å². The first kappa shape index (κ1) is 14.2. The number of amides is 2. The van der Waals surface area contributed by atoms with Gasteiger partial charge >= 0.3 is 6.61 Å². The molecule has 1 saturated heterocycles. The van der Waals surface area contributed by atoms with Crippen LogP contribution in [0.15, 0.2) is 18.3 Å². The minimum absolute atomic E-state index is 0.0553. The number of rotatable bonds is 4. The molecule has 1 aromatic heterocycles. The van der Waals surface area contributed by atoms with E-state index in [1.165, 1.54) is 17.0 Å². The SMILES string of the molecule is NC(=O)[C@@H]1CCCN1C(=O)c1ccc(OC(F)F)cn1. The van der Waals surface area contributed by atoms with E-state index in [-0.39, 0.29) is 11.4 Å². The Bertz CT molecular complexity index is 507. The average Bonchev–Trinajstić information content (AvgIpc) is 2.87. The molecule has 108 valence electrons. The summed E-state index contributed by atoms with van der Waals surface area (Å²) in [5.74, 6) is -1.15. The van der Waals surface area contributed by atoms with Crippen LogP contribution < -0.4 is 10.5 Å². The van der Waals surface area contributed by atoms with Crippen LogP contribution in [0.25, 0.3) is 0 Å². The molecule has 1 fully saturated rings. The summed E-state index contributed by atoms with van der Waals surface area (Å²) in [6, 6.07) is 1.86. The first-order chi connectivity index (χ1) is 9.49.